The third-order valence-corrected chi connectivity index (χ3v) is 14.5. The van der Waals surface area contributed by atoms with E-state index < -0.39 is 0 Å². The number of rotatable bonds is 5. The van der Waals surface area contributed by atoms with Gasteiger partial charge in [0.25, 0.3) is 0 Å². The molecule has 0 unspecified atom stereocenters. The number of para-hydroxylation sites is 6. The Hall–Kier alpha value is -8.40. The molecule has 0 atom stereocenters. The van der Waals surface area contributed by atoms with E-state index in [2.05, 4.69) is 235 Å². The van der Waals surface area contributed by atoms with Gasteiger partial charge in [0.05, 0.1) is 22.1 Å². The highest BCUT2D eigenvalue weighted by Crippen LogP contribution is 2.50. The second-order valence-corrected chi connectivity index (χ2v) is 18.5. The van der Waals surface area contributed by atoms with Gasteiger partial charge in [0.1, 0.15) is 11.2 Å². The molecule has 0 saturated carbocycles. The van der Waals surface area contributed by atoms with Gasteiger partial charge in [-0.2, -0.15) is 0 Å². The molecule has 10 aromatic carbocycles. The van der Waals surface area contributed by atoms with Gasteiger partial charge in [0, 0.05) is 60.2 Å². The van der Waals surface area contributed by atoms with Crippen molar-refractivity contribution in [1.82, 2.24) is 9.13 Å². The summed E-state index contributed by atoms with van der Waals surface area (Å²) in [4.78, 5) is 0. The molecule has 14 rings (SSSR count). The van der Waals surface area contributed by atoms with E-state index in [1.807, 2.05) is 6.07 Å². The zero-order chi connectivity index (χ0) is 43.7. The van der Waals surface area contributed by atoms with Gasteiger partial charge in [-0.25, -0.2) is 0 Å². The maximum Gasteiger partial charge on any atom is 0.143 e. The van der Waals surface area contributed by atoms with Crippen LogP contribution in [0.25, 0.3) is 121 Å². The number of aromatic nitrogens is 2. The van der Waals surface area contributed by atoms with E-state index in [1.165, 1.54) is 77.1 Å². The van der Waals surface area contributed by atoms with Crippen molar-refractivity contribution in [2.24, 2.45) is 0 Å². The Bertz CT molecular complexity index is 4140. The molecule has 3 aromatic heterocycles. The molecule has 0 fully saturated rings. The topological polar surface area (TPSA) is 23.0 Å². The smallest absolute Gasteiger partial charge is 0.143 e. The normalized spacial score (nSPS) is 13.1. The molecule has 310 valence electrons. The average molecular weight is 843 g/mol. The van der Waals surface area contributed by atoms with Crippen molar-refractivity contribution in [2.45, 2.75) is 19.3 Å². The summed E-state index contributed by atoms with van der Waals surface area (Å²) in [7, 11) is 0. The molecule has 0 bridgehead atoms. The molecule has 13 aromatic rings. The maximum absolute atomic E-state index is 6.72. The minimum atomic E-state index is -0.0485. The minimum absolute atomic E-state index is 0.0485. The lowest BCUT2D eigenvalue weighted by molar-refractivity contribution is 0.660. The van der Waals surface area contributed by atoms with E-state index in [0.717, 1.165) is 55.4 Å². The fraction of sp³-hybridized carbons (Fsp3) is 0.0476. The first-order valence-corrected chi connectivity index (χ1v) is 22.9. The Morgan fingerprint density at radius 2 is 0.924 bits per heavy atom. The van der Waals surface area contributed by atoms with Gasteiger partial charge in [-0.05, 0) is 117 Å². The van der Waals surface area contributed by atoms with Gasteiger partial charge in [-0.3, -0.25) is 0 Å². The predicted molar refractivity (Wildman–Crippen MR) is 276 cm³/mol. The van der Waals surface area contributed by atoms with Crippen LogP contribution in [0.5, 0.6) is 0 Å². The maximum atomic E-state index is 6.72. The van der Waals surface area contributed by atoms with Gasteiger partial charge in [-0.1, -0.05) is 159 Å². The third-order valence-electron chi connectivity index (χ3n) is 14.5. The molecule has 0 radical (unpaired) electrons. The molecule has 3 nitrogen and oxygen atoms in total. The highest BCUT2D eigenvalue weighted by atomic mass is 16.3. The Morgan fingerprint density at radius 3 is 1.76 bits per heavy atom. The highest BCUT2D eigenvalue weighted by molar-refractivity contribution is 6.15. The summed E-state index contributed by atoms with van der Waals surface area (Å²) in [5.41, 5.74) is 21.0. The van der Waals surface area contributed by atoms with E-state index in [0.29, 0.717) is 0 Å². The summed E-state index contributed by atoms with van der Waals surface area (Å²) in [6.45, 7) is 4.69. The van der Waals surface area contributed by atoms with Crippen molar-refractivity contribution in [2.75, 3.05) is 0 Å². The summed E-state index contributed by atoms with van der Waals surface area (Å²) in [5, 5.41) is 7.17. The molecule has 0 N–H and O–H groups in total. The molecule has 0 spiro atoms. The Morgan fingerprint density at radius 1 is 0.333 bits per heavy atom. The van der Waals surface area contributed by atoms with Crippen LogP contribution in [-0.2, 0) is 5.41 Å². The Balaban J connectivity index is 1.02. The van der Waals surface area contributed by atoms with Crippen molar-refractivity contribution in [1.29, 1.82) is 0 Å². The second-order valence-electron chi connectivity index (χ2n) is 18.5. The zero-order valence-corrected chi connectivity index (χ0v) is 36.6. The first-order chi connectivity index (χ1) is 32.5. The van der Waals surface area contributed by atoms with Gasteiger partial charge >= 0.3 is 0 Å². The number of nitrogens with zero attached hydrogens (tertiary/aromatic N) is 2. The zero-order valence-electron chi connectivity index (χ0n) is 36.6. The summed E-state index contributed by atoms with van der Waals surface area (Å²) < 4.78 is 11.6. The molecular formula is C63H42N2O. The van der Waals surface area contributed by atoms with E-state index in [4.69, 9.17) is 4.42 Å². The van der Waals surface area contributed by atoms with Gasteiger partial charge in [-0.15, -0.1) is 0 Å². The monoisotopic (exact) mass is 842 g/mol. The van der Waals surface area contributed by atoms with Crippen LogP contribution in [0.4, 0.5) is 0 Å². The Kier molecular flexibility index (Phi) is 7.74. The summed E-state index contributed by atoms with van der Waals surface area (Å²) in [6.07, 6.45) is 0. The van der Waals surface area contributed by atoms with Crippen molar-refractivity contribution < 1.29 is 4.42 Å². The molecule has 0 saturated heterocycles. The average Bonchev–Trinajstić information content (AvgIpc) is 4.09. The van der Waals surface area contributed by atoms with Crippen LogP contribution >= 0.6 is 0 Å². The first-order valence-electron chi connectivity index (χ1n) is 22.9. The van der Waals surface area contributed by atoms with Crippen molar-refractivity contribution in [3.8, 4) is 55.9 Å². The lowest BCUT2D eigenvalue weighted by Crippen LogP contribution is -2.14. The molecule has 66 heavy (non-hydrogen) atoms. The van der Waals surface area contributed by atoms with Gasteiger partial charge in [0.15, 0.2) is 0 Å². The SMILES string of the molecule is CC1(C)c2ccccc2-c2cc(-n3c4ccccc4c4cc(-c5cc(-c6cccc7c6oc6ccccc67)cc(-c6cccc7c8ccccc8n(-c8ccccc8)c67)c5)ccc43)ccc21. The highest BCUT2D eigenvalue weighted by Gasteiger charge is 2.35. The van der Waals surface area contributed by atoms with Crippen LogP contribution in [0.15, 0.2) is 223 Å². The number of benzene rings is 10. The van der Waals surface area contributed by atoms with Crippen LogP contribution < -0.4 is 0 Å². The van der Waals surface area contributed by atoms with E-state index in [1.54, 1.807) is 0 Å². The fourth-order valence-electron chi connectivity index (χ4n) is 11.5. The van der Waals surface area contributed by atoms with Crippen molar-refractivity contribution in [3.63, 3.8) is 0 Å². The van der Waals surface area contributed by atoms with Gasteiger partial charge in [0.2, 0.25) is 0 Å². The van der Waals surface area contributed by atoms with E-state index >= 15 is 0 Å². The summed E-state index contributed by atoms with van der Waals surface area (Å²) in [5.74, 6) is 0. The van der Waals surface area contributed by atoms with Crippen LogP contribution in [0.1, 0.15) is 25.0 Å². The number of fused-ring (bicyclic) bond motifs is 12. The first kappa shape index (κ1) is 37.0. The van der Waals surface area contributed by atoms with E-state index in [-0.39, 0.29) is 5.41 Å². The second kappa shape index (κ2) is 13.8. The van der Waals surface area contributed by atoms with E-state index in [9.17, 15) is 0 Å². The number of hydrogen-bond acceptors (Lipinski definition) is 1. The summed E-state index contributed by atoms with van der Waals surface area (Å²) >= 11 is 0. The molecule has 3 heteroatoms. The van der Waals surface area contributed by atoms with Crippen LogP contribution in [-0.4, -0.2) is 9.13 Å². The van der Waals surface area contributed by atoms with Crippen LogP contribution in [0, 0.1) is 0 Å². The lowest BCUT2D eigenvalue weighted by atomic mass is 9.82. The third kappa shape index (κ3) is 5.26. The molecular weight excluding hydrogens is 801 g/mol. The number of hydrogen-bond donors (Lipinski definition) is 0. The van der Waals surface area contributed by atoms with Crippen molar-refractivity contribution in [3.05, 3.63) is 230 Å². The Labute approximate surface area is 382 Å². The molecule has 1 aliphatic rings. The quantitative estimate of drug-likeness (QED) is 0.169. The molecule has 0 amide bonds. The predicted octanol–water partition coefficient (Wildman–Crippen LogP) is 17.1. The standard InChI is InChI=1S/C63H42N2O/c1-63(2)55-26-10-6-18-47(55)53-38-44(31-32-56(53)63)64-57-27-11-8-20-49(57)54-37-39(30-33-59(54)64)40-34-41(36-42(35-40)46-23-15-25-52-50-21-9-13-29-60(50)66-62(46)52)45-22-14-24-51-48-19-7-12-28-58(48)65(61(45)51)43-16-4-3-5-17-43/h3-38H,1-2H3. The van der Waals surface area contributed by atoms with Gasteiger partial charge < -0.3 is 13.6 Å². The molecule has 1 aliphatic carbocycles. The van der Waals surface area contributed by atoms with Crippen LogP contribution in [0.2, 0.25) is 0 Å². The molecule has 3 heterocycles. The van der Waals surface area contributed by atoms with Crippen LogP contribution in [0.3, 0.4) is 0 Å². The van der Waals surface area contributed by atoms with Crippen molar-refractivity contribution >= 4 is 65.6 Å². The molecule has 0 aliphatic heterocycles. The largest absolute Gasteiger partial charge is 0.455 e. The fourth-order valence-corrected chi connectivity index (χ4v) is 11.5. The number of furan rings is 1. The summed E-state index contributed by atoms with van der Waals surface area (Å²) in [6, 6.07) is 80.3. The minimum Gasteiger partial charge on any atom is -0.455 e. The lowest BCUT2D eigenvalue weighted by Gasteiger charge is -2.21.